The van der Waals surface area contributed by atoms with Gasteiger partial charge in [0, 0.05) is 18.5 Å². The summed E-state index contributed by atoms with van der Waals surface area (Å²) in [5.74, 6) is -1.84. The van der Waals surface area contributed by atoms with E-state index >= 15 is 0 Å². The van der Waals surface area contributed by atoms with Gasteiger partial charge < -0.3 is 4.74 Å². The third kappa shape index (κ3) is 4.38. The standard InChI is InChI=1S/C20H18N2O5/c23-17-11-12-18(24)22(17)19(25)13-21(16-9-5-2-6-10-16)20(26)27-14-15-7-3-1-4-8-15/h1-10H,11-14H2. The summed E-state index contributed by atoms with van der Waals surface area (Å²) in [4.78, 5) is 50.3. The van der Waals surface area contributed by atoms with E-state index in [-0.39, 0.29) is 19.4 Å². The maximum atomic E-state index is 12.6. The van der Waals surface area contributed by atoms with Crippen LogP contribution in [0.15, 0.2) is 60.7 Å². The Balaban J connectivity index is 1.75. The molecule has 0 saturated carbocycles. The second-order valence-corrected chi connectivity index (χ2v) is 5.98. The average Bonchev–Trinajstić information content (AvgIpc) is 3.04. The average molecular weight is 366 g/mol. The van der Waals surface area contributed by atoms with Gasteiger partial charge >= 0.3 is 6.09 Å². The summed E-state index contributed by atoms with van der Waals surface area (Å²) in [5.41, 5.74) is 1.23. The third-order valence-electron chi connectivity index (χ3n) is 4.09. The minimum Gasteiger partial charge on any atom is -0.444 e. The molecule has 1 aliphatic heterocycles. The Bertz CT molecular complexity index is 835. The minimum atomic E-state index is -0.747. The molecular formula is C20H18N2O5. The number of rotatable bonds is 5. The fourth-order valence-corrected chi connectivity index (χ4v) is 2.73. The number of para-hydroxylation sites is 1. The Morgan fingerprint density at radius 1 is 0.889 bits per heavy atom. The van der Waals surface area contributed by atoms with E-state index in [4.69, 9.17) is 4.74 Å². The largest absolute Gasteiger partial charge is 0.444 e. The van der Waals surface area contributed by atoms with E-state index in [0.29, 0.717) is 10.6 Å². The fourth-order valence-electron chi connectivity index (χ4n) is 2.73. The molecule has 1 saturated heterocycles. The number of amides is 4. The number of hydrogen-bond acceptors (Lipinski definition) is 5. The van der Waals surface area contributed by atoms with Crippen molar-refractivity contribution in [1.82, 2.24) is 4.90 Å². The summed E-state index contributed by atoms with van der Waals surface area (Å²) in [6, 6.07) is 17.6. The van der Waals surface area contributed by atoms with Gasteiger partial charge in [0.25, 0.3) is 5.91 Å². The molecule has 0 N–H and O–H groups in total. The first-order valence-corrected chi connectivity index (χ1v) is 8.48. The number of anilines is 1. The summed E-state index contributed by atoms with van der Waals surface area (Å²) in [7, 11) is 0. The Kier molecular flexibility index (Phi) is 5.61. The van der Waals surface area contributed by atoms with E-state index in [1.807, 2.05) is 30.3 Å². The highest BCUT2D eigenvalue weighted by molar-refractivity contribution is 6.16. The lowest BCUT2D eigenvalue weighted by molar-refractivity contribution is -0.148. The number of nitrogens with zero attached hydrogens (tertiary/aromatic N) is 2. The van der Waals surface area contributed by atoms with Gasteiger partial charge in [-0.3, -0.25) is 19.3 Å². The monoisotopic (exact) mass is 366 g/mol. The molecule has 1 fully saturated rings. The molecule has 2 aromatic carbocycles. The Morgan fingerprint density at radius 2 is 1.44 bits per heavy atom. The summed E-state index contributed by atoms with van der Waals surface area (Å²) in [6.07, 6.45) is -0.722. The van der Waals surface area contributed by atoms with Crippen LogP contribution in [0.25, 0.3) is 0 Å². The van der Waals surface area contributed by atoms with Gasteiger partial charge in [0.1, 0.15) is 13.2 Å². The Hall–Kier alpha value is -3.48. The lowest BCUT2D eigenvalue weighted by Crippen LogP contribution is -2.45. The van der Waals surface area contributed by atoms with Crippen LogP contribution in [0, 0.1) is 0 Å². The molecule has 3 rings (SSSR count). The van der Waals surface area contributed by atoms with Crippen LogP contribution in [0.4, 0.5) is 10.5 Å². The van der Waals surface area contributed by atoms with E-state index in [1.54, 1.807) is 30.3 Å². The molecular weight excluding hydrogens is 348 g/mol. The first-order chi connectivity index (χ1) is 13.1. The normalized spacial score (nSPS) is 13.6. The van der Waals surface area contributed by atoms with Crippen LogP contribution in [0.3, 0.4) is 0 Å². The van der Waals surface area contributed by atoms with E-state index in [2.05, 4.69) is 0 Å². The second-order valence-electron chi connectivity index (χ2n) is 5.98. The maximum absolute atomic E-state index is 12.6. The van der Waals surface area contributed by atoms with Crippen LogP contribution < -0.4 is 4.90 Å². The molecule has 0 aliphatic carbocycles. The predicted octanol–water partition coefficient (Wildman–Crippen LogP) is 2.51. The van der Waals surface area contributed by atoms with Crippen molar-refractivity contribution in [2.75, 3.05) is 11.4 Å². The molecule has 1 heterocycles. The third-order valence-corrected chi connectivity index (χ3v) is 4.09. The van der Waals surface area contributed by atoms with Gasteiger partial charge in [0.15, 0.2) is 0 Å². The Labute approximate surface area is 156 Å². The van der Waals surface area contributed by atoms with E-state index in [1.165, 1.54) is 0 Å². The Morgan fingerprint density at radius 3 is 2.04 bits per heavy atom. The zero-order chi connectivity index (χ0) is 19.2. The highest BCUT2D eigenvalue weighted by atomic mass is 16.6. The van der Waals surface area contributed by atoms with Crippen LogP contribution in [-0.2, 0) is 25.7 Å². The summed E-state index contributed by atoms with van der Waals surface area (Å²) < 4.78 is 5.31. The number of hydrogen-bond donors (Lipinski definition) is 0. The molecule has 0 unspecified atom stereocenters. The molecule has 0 bridgehead atoms. The number of imide groups is 3. The molecule has 138 valence electrons. The lowest BCUT2D eigenvalue weighted by atomic mass is 10.2. The van der Waals surface area contributed by atoms with Crippen LogP contribution in [0.5, 0.6) is 0 Å². The molecule has 4 amide bonds. The lowest BCUT2D eigenvalue weighted by Gasteiger charge is -2.23. The van der Waals surface area contributed by atoms with Crippen molar-refractivity contribution in [1.29, 1.82) is 0 Å². The van der Waals surface area contributed by atoms with Crippen molar-refractivity contribution in [3.05, 3.63) is 66.2 Å². The van der Waals surface area contributed by atoms with Crippen molar-refractivity contribution >= 4 is 29.5 Å². The summed E-state index contributed by atoms with van der Waals surface area (Å²) in [5, 5.41) is 0. The molecule has 27 heavy (non-hydrogen) atoms. The summed E-state index contributed by atoms with van der Waals surface area (Å²) in [6.45, 7) is -0.423. The smallest absolute Gasteiger partial charge is 0.415 e. The SMILES string of the molecule is O=C1CCC(=O)N1C(=O)CN(C(=O)OCc1ccccc1)c1ccccc1. The van der Waals surface area contributed by atoms with Gasteiger partial charge in [-0.05, 0) is 17.7 Å². The molecule has 7 nitrogen and oxygen atoms in total. The fraction of sp³-hybridized carbons (Fsp3) is 0.200. The minimum absolute atomic E-state index is 0.00830. The first kappa shape index (κ1) is 18.3. The molecule has 0 aromatic heterocycles. The number of benzene rings is 2. The molecule has 1 aliphatic rings. The van der Waals surface area contributed by atoms with Crippen LogP contribution >= 0.6 is 0 Å². The van der Waals surface area contributed by atoms with Crippen molar-refractivity contribution < 1.29 is 23.9 Å². The van der Waals surface area contributed by atoms with E-state index < -0.39 is 30.4 Å². The van der Waals surface area contributed by atoms with Gasteiger partial charge in [-0.2, -0.15) is 0 Å². The molecule has 0 radical (unpaired) electrons. The zero-order valence-electron chi connectivity index (χ0n) is 14.5. The molecule has 0 atom stereocenters. The summed E-state index contributed by atoms with van der Waals surface area (Å²) >= 11 is 0. The van der Waals surface area contributed by atoms with Gasteiger partial charge in [0.05, 0.1) is 0 Å². The quantitative estimate of drug-likeness (QED) is 0.759. The number of carbonyl (C=O) groups excluding carboxylic acids is 4. The van der Waals surface area contributed by atoms with Crippen molar-refractivity contribution in [3.63, 3.8) is 0 Å². The number of carbonyl (C=O) groups is 4. The van der Waals surface area contributed by atoms with Crippen LogP contribution in [0.1, 0.15) is 18.4 Å². The van der Waals surface area contributed by atoms with Gasteiger partial charge in [-0.25, -0.2) is 9.69 Å². The van der Waals surface area contributed by atoms with Crippen molar-refractivity contribution in [2.45, 2.75) is 19.4 Å². The van der Waals surface area contributed by atoms with Gasteiger partial charge in [0.2, 0.25) is 11.8 Å². The van der Waals surface area contributed by atoms with Crippen LogP contribution in [0.2, 0.25) is 0 Å². The van der Waals surface area contributed by atoms with E-state index in [0.717, 1.165) is 10.5 Å². The molecule has 2 aromatic rings. The van der Waals surface area contributed by atoms with Gasteiger partial charge in [-0.15, -0.1) is 0 Å². The highest BCUT2D eigenvalue weighted by Gasteiger charge is 2.36. The highest BCUT2D eigenvalue weighted by Crippen LogP contribution is 2.18. The maximum Gasteiger partial charge on any atom is 0.415 e. The first-order valence-electron chi connectivity index (χ1n) is 8.48. The number of likely N-dealkylation sites (tertiary alicyclic amines) is 1. The van der Waals surface area contributed by atoms with Crippen molar-refractivity contribution in [3.8, 4) is 0 Å². The number of ether oxygens (including phenoxy) is 1. The van der Waals surface area contributed by atoms with Crippen LogP contribution in [-0.4, -0.2) is 35.3 Å². The van der Waals surface area contributed by atoms with E-state index in [9.17, 15) is 19.2 Å². The zero-order valence-corrected chi connectivity index (χ0v) is 14.5. The van der Waals surface area contributed by atoms with Gasteiger partial charge in [-0.1, -0.05) is 48.5 Å². The predicted molar refractivity (Wildman–Crippen MR) is 96.5 cm³/mol. The molecule has 7 heteroatoms. The molecule has 0 spiro atoms. The topological polar surface area (TPSA) is 84.0 Å². The second kappa shape index (κ2) is 8.27. The van der Waals surface area contributed by atoms with Crippen molar-refractivity contribution in [2.24, 2.45) is 0 Å².